The van der Waals surface area contributed by atoms with Crippen molar-refractivity contribution in [1.82, 2.24) is 0 Å². The fourth-order valence-electron chi connectivity index (χ4n) is 7.50. The number of hydrogen-bond donors (Lipinski definition) is 4. The number of aliphatic hydroxyl groups is 4. The molecule has 1 rings (SSSR count). The highest BCUT2D eigenvalue weighted by atomic mass is 16.7. The zero-order valence-corrected chi connectivity index (χ0v) is 41.0. The number of esters is 2. The molecule has 2 unspecified atom stereocenters. The van der Waals surface area contributed by atoms with Crippen LogP contribution in [0, 0.1) is 0 Å². The van der Waals surface area contributed by atoms with Gasteiger partial charge >= 0.3 is 11.9 Å². The third kappa shape index (κ3) is 35.9. The van der Waals surface area contributed by atoms with E-state index in [1.165, 1.54) is 96.3 Å². The van der Waals surface area contributed by atoms with Crippen LogP contribution in [0.1, 0.15) is 206 Å². The van der Waals surface area contributed by atoms with Gasteiger partial charge in [0, 0.05) is 12.8 Å². The van der Waals surface area contributed by atoms with Gasteiger partial charge in [-0.05, 0) is 83.5 Å². The van der Waals surface area contributed by atoms with E-state index in [9.17, 15) is 30.0 Å². The summed E-state index contributed by atoms with van der Waals surface area (Å²) in [7, 11) is 0. The topological polar surface area (TPSA) is 152 Å². The Morgan fingerprint density at radius 2 is 0.908 bits per heavy atom. The minimum Gasteiger partial charge on any atom is -0.462 e. The van der Waals surface area contributed by atoms with Crippen molar-refractivity contribution in [1.29, 1.82) is 0 Å². The molecule has 1 saturated heterocycles. The SMILES string of the molecule is CC/C=C/C/C=C/C/C=C/C/C=C/C/C=C/CCCCCC(=O)O[C@@H](COC(=O)CCCCCCCCCCCCC/C=C/CCCCCCCC)CO[C@H]1O[C@@H](CO)[C@@H](O)C(O)C1O. The zero-order chi connectivity index (χ0) is 47.3. The second-order valence-corrected chi connectivity index (χ2v) is 17.6. The smallest absolute Gasteiger partial charge is 0.306 e. The molecule has 65 heavy (non-hydrogen) atoms. The summed E-state index contributed by atoms with van der Waals surface area (Å²) < 4.78 is 22.2. The number of carbonyl (C=O) groups is 2. The number of hydrogen-bond acceptors (Lipinski definition) is 10. The van der Waals surface area contributed by atoms with Gasteiger partial charge in [-0.1, -0.05) is 183 Å². The van der Waals surface area contributed by atoms with E-state index in [-0.39, 0.29) is 32.0 Å². The van der Waals surface area contributed by atoms with Crippen molar-refractivity contribution in [2.75, 3.05) is 19.8 Å². The van der Waals surface area contributed by atoms with E-state index in [1.807, 2.05) is 0 Å². The van der Waals surface area contributed by atoms with Crippen LogP contribution in [0.2, 0.25) is 0 Å². The molecule has 0 aromatic heterocycles. The Hall–Kier alpha value is -2.86. The maximum Gasteiger partial charge on any atom is 0.306 e. The number of rotatable bonds is 43. The molecule has 10 heteroatoms. The average Bonchev–Trinajstić information content (AvgIpc) is 3.30. The molecule has 1 heterocycles. The second kappa shape index (κ2) is 44.9. The van der Waals surface area contributed by atoms with Gasteiger partial charge in [-0.3, -0.25) is 9.59 Å². The number of carbonyl (C=O) groups excluding carboxylic acids is 2. The monoisotopic (exact) mass is 915 g/mol. The fraction of sp³-hybridized carbons (Fsp3) is 0.745. The van der Waals surface area contributed by atoms with Crippen molar-refractivity contribution in [2.24, 2.45) is 0 Å². The van der Waals surface area contributed by atoms with Crippen LogP contribution in [-0.4, -0.2) is 89.0 Å². The molecular weight excluding hydrogens is 821 g/mol. The normalized spacial score (nSPS) is 19.9. The Labute approximate surface area is 395 Å². The molecule has 0 bridgehead atoms. The first-order valence-corrected chi connectivity index (χ1v) is 26.0. The lowest BCUT2D eigenvalue weighted by Crippen LogP contribution is -2.59. The van der Waals surface area contributed by atoms with Crippen molar-refractivity contribution in [3.8, 4) is 0 Å². The fourth-order valence-corrected chi connectivity index (χ4v) is 7.50. The summed E-state index contributed by atoms with van der Waals surface area (Å²) >= 11 is 0. The lowest BCUT2D eigenvalue weighted by atomic mass is 9.99. The Kier molecular flexibility index (Phi) is 41.6. The van der Waals surface area contributed by atoms with E-state index in [0.29, 0.717) is 6.42 Å². The van der Waals surface area contributed by atoms with Gasteiger partial charge in [-0.15, -0.1) is 0 Å². The first-order valence-electron chi connectivity index (χ1n) is 26.0. The molecule has 1 aliphatic rings. The lowest BCUT2D eigenvalue weighted by Gasteiger charge is -2.39. The molecular formula is C55H94O10. The van der Waals surface area contributed by atoms with Crippen LogP contribution < -0.4 is 0 Å². The maximum atomic E-state index is 12.8. The third-order valence-electron chi connectivity index (χ3n) is 11.6. The van der Waals surface area contributed by atoms with Crippen LogP contribution in [-0.2, 0) is 28.5 Å². The van der Waals surface area contributed by atoms with Gasteiger partial charge in [0.1, 0.15) is 31.0 Å². The van der Waals surface area contributed by atoms with Gasteiger partial charge in [0.25, 0.3) is 0 Å². The number of unbranched alkanes of at least 4 members (excludes halogenated alkanes) is 20. The molecule has 0 spiro atoms. The zero-order valence-electron chi connectivity index (χ0n) is 41.0. The predicted octanol–water partition coefficient (Wildman–Crippen LogP) is 12.3. The minimum atomic E-state index is -1.61. The Morgan fingerprint density at radius 3 is 1.40 bits per heavy atom. The third-order valence-corrected chi connectivity index (χ3v) is 11.6. The van der Waals surface area contributed by atoms with Crippen molar-refractivity contribution in [3.63, 3.8) is 0 Å². The standard InChI is InChI=1S/C55H94O10/c1-3-5-7-9-11-13-15-17-19-21-23-24-26-27-29-31-33-35-37-39-41-43-50(57)62-46-48(47-63-55-54(61)53(60)52(59)49(45-56)65-55)64-51(58)44-42-40-38-36-34-32-30-28-25-22-20-18-16-14-12-10-8-6-4-2/h6,8,12,14,17-20,25,28,32,34,48-49,52-56,59-61H,3-5,7,9-11,13,15-16,21-24,26-27,29-31,33,35-47H2,1-2H3/b8-6+,14-12+,19-17+,20-18+,28-25+,34-32+/t48-,49-,52+,53?,54?,55-/m0/s1. The highest BCUT2D eigenvalue weighted by Gasteiger charge is 2.44. The van der Waals surface area contributed by atoms with Gasteiger partial charge in [0.2, 0.25) is 0 Å². The summed E-state index contributed by atoms with van der Waals surface area (Å²) in [5.41, 5.74) is 0. The maximum absolute atomic E-state index is 12.8. The molecule has 374 valence electrons. The van der Waals surface area contributed by atoms with Crippen LogP contribution >= 0.6 is 0 Å². The summed E-state index contributed by atoms with van der Waals surface area (Å²) in [6.07, 6.45) is 50.5. The van der Waals surface area contributed by atoms with E-state index in [0.717, 1.165) is 77.0 Å². The van der Waals surface area contributed by atoms with Crippen LogP contribution in [0.3, 0.4) is 0 Å². The van der Waals surface area contributed by atoms with E-state index < -0.39 is 49.4 Å². The number of aliphatic hydroxyl groups excluding tert-OH is 4. The van der Waals surface area contributed by atoms with Gasteiger partial charge < -0.3 is 39.4 Å². The largest absolute Gasteiger partial charge is 0.462 e. The summed E-state index contributed by atoms with van der Waals surface area (Å²) in [5, 5.41) is 40.2. The van der Waals surface area contributed by atoms with E-state index in [4.69, 9.17) is 18.9 Å². The minimum absolute atomic E-state index is 0.188. The first kappa shape index (κ1) is 60.2. The van der Waals surface area contributed by atoms with E-state index >= 15 is 0 Å². The predicted molar refractivity (Wildman–Crippen MR) is 265 cm³/mol. The molecule has 1 aliphatic heterocycles. The van der Waals surface area contributed by atoms with Crippen LogP contribution in [0.5, 0.6) is 0 Å². The van der Waals surface area contributed by atoms with Crippen LogP contribution in [0.15, 0.2) is 72.9 Å². The second-order valence-electron chi connectivity index (χ2n) is 17.6. The highest BCUT2D eigenvalue weighted by molar-refractivity contribution is 5.70. The van der Waals surface area contributed by atoms with Gasteiger partial charge in [-0.2, -0.15) is 0 Å². The van der Waals surface area contributed by atoms with Crippen molar-refractivity contribution < 1.29 is 49.0 Å². The molecule has 0 aliphatic carbocycles. The summed E-state index contributed by atoms with van der Waals surface area (Å²) in [6, 6.07) is 0. The molecule has 0 aromatic rings. The average molecular weight is 915 g/mol. The molecule has 10 nitrogen and oxygen atoms in total. The summed E-state index contributed by atoms with van der Waals surface area (Å²) in [6.45, 7) is 3.28. The van der Waals surface area contributed by atoms with Crippen molar-refractivity contribution in [3.05, 3.63) is 72.9 Å². The van der Waals surface area contributed by atoms with Crippen LogP contribution in [0.4, 0.5) is 0 Å². The summed E-state index contributed by atoms with van der Waals surface area (Å²) in [4.78, 5) is 25.5. The van der Waals surface area contributed by atoms with E-state index in [2.05, 4.69) is 86.8 Å². The van der Waals surface area contributed by atoms with E-state index in [1.54, 1.807) is 0 Å². The molecule has 0 saturated carbocycles. The molecule has 1 fully saturated rings. The Balaban J connectivity index is 2.28. The molecule has 0 radical (unpaired) electrons. The van der Waals surface area contributed by atoms with Gasteiger partial charge in [-0.25, -0.2) is 0 Å². The first-order chi connectivity index (χ1) is 31.8. The van der Waals surface area contributed by atoms with Crippen molar-refractivity contribution >= 4 is 11.9 Å². The van der Waals surface area contributed by atoms with Crippen molar-refractivity contribution in [2.45, 2.75) is 243 Å². The van der Waals surface area contributed by atoms with Gasteiger partial charge in [0.15, 0.2) is 12.4 Å². The molecule has 0 aromatic carbocycles. The number of allylic oxidation sites excluding steroid dienone is 12. The summed E-state index contributed by atoms with van der Waals surface area (Å²) in [5.74, 6) is -0.845. The Bertz CT molecular complexity index is 1290. The molecule has 4 N–H and O–H groups in total. The molecule has 6 atom stereocenters. The molecule has 0 amide bonds. The Morgan fingerprint density at radius 1 is 0.492 bits per heavy atom. The number of ether oxygens (including phenoxy) is 4. The quantitative estimate of drug-likeness (QED) is 0.0264. The highest BCUT2D eigenvalue weighted by Crippen LogP contribution is 2.23. The van der Waals surface area contributed by atoms with Gasteiger partial charge in [0.05, 0.1) is 13.2 Å². The van der Waals surface area contributed by atoms with Crippen LogP contribution in [0.25, 0.3) is 0 Å². The lowest BCUT2D eigenvalue weighted by molar-refractivity contribution is -0.305.